The molecule has 1 aromatic rings. The summed E-state index contributed by atoms with van der Waals surface area (Å²) in [4.78, 5) is 0. The summed E-state index contributed by atoms with van der Waals surface area (Å²) in [6, 6.07) is 7.02. The highest BCUT2D eigenvalue weighted by Crippen LogP contribution is 2.24. The van der Waals surface area contributed by atoms with Crippen LogP contribution < -0.4 is 5.73 Å². The topological polar surface area (TPSA) is 26.0 Å². The number of hydrogen-bond donors (Lipinski definition) is 1. The molecule has 0 amide bonds. The lowest BCUT2D eigenvalue weighted by Crippen LogP contribution is -2.15. The Morgan fingerprint density at radius 3 is 2.00 bits per heavy atom. The lowest BCUT2D eigenvalue weighted by atomic mass is 9.86. The summed E-state index contributed by atoms with van der Waals surface area (Å²) in [7, 11) is 0. The van der Waals surface area contributed by atoms with Gasteiger partial charge in [0.1, 0.15) is 0 Å². The van der Waals surface area contributed by atoms with E-state index >= 15 is 0 Å². The zero-order valence-corrected chi connectivity index (χ0v) is 10.0. The van der Waals surface area contributed by atoms with Gasteiger partial charge in [0.25, 0.3) is 0 Å². The molecule has 1 rings (SSSR count). The van der Waals surface area contributed by atoms with Gasteiger partial charge in [-0.25, -0.2) is 8.78 Å². The predicted octanol–water partition coefficient (Wildman–Crippen LogP) is 3.64. The van der Waals surface area contributed by atoms with E-state index in [1.54, 1.807) is 0 Å². The second-order valence-corrected chi connectivity index (χ2v) is 5.11. The smallest absolute Gasteiger partial charge is 0.240 e. The zero-order valence-electron chi connectivity index (χ0n) is 10.0. The van der Waals surface area contributed by atoms with Crippen LogP contribution in [0, 0.1) is 0 Å². The largest absolute Gasteiger partial charge is 0.324 e. The molecule has 90 valence electrons. The fraction of sp³-hybridized carbons (Fsp3) is 0.538. The van der Waals surface area contributed by atoms with Crippen molar-refractivity contribution in [2.45, 2.75) is 45.1 Å². The van der Waals surface area contributed by atoms with E-state index in [4.69, 9.17) is 5.73 Å². The van der Waals surface area contributed by atoms with Gasteiger partial charge < -0.3 is 5.73 Å². The first-order chi connectivity index (χ1) is 7.30. The summed E-state index contributed by atoms with van der Waals surface area (Å²) in [6.45, 7) is 6.34. The Balaban J connectivity index is 2.79. The quantitative estimate of drug-likeness (QED) is 0.838. The molecule has 0 aliphatic heterocycles. The minimum atomic E-state index is -2.35. The summed E-state index contributed by atoms with van der Waals surface area (Å²) in [5, 5.41) is 0. The van der Waals surface area contributed by atoms with E-state index in [0.717, 1.165) is 5.56 Å². The molecule has 3 heteroatoms. The van der Waals surface area contributed by atoms with Crippen LogP contribution in [0.2, 0.25) is 0 Å². The molecule has 0 aliphatic carbocycles. The van der Waals surface area contributed by atoms with Gasteiger partial charge in [0.15, 0.2) is 0 Å². The molecule has 0 saturated carbocycles. The van der Waals surface area contributed by atoms with Crippen LogP contribution in [0.5, 0.6) is 0 Å². The Bertz CT molecular complexity index is 325. The second-order valence-electron chi connectivity index (χ2n) is 5.11. The highest BCUT2D eigenvalue weighted by Gasteiger charge is 2.16. The van der Waals surface area contributed by atoms with Gasteiger partial charge in [-0.1, -0.05) is 45.0 Å². The number of halogens is 2. The Labute approximate surface area is 95.7 Å². The molecule has 0 heterocycles. The van der Waals surface area contributed by atoms with Crippen LogP contribution in [-0.2, 0) is 5.41 Å². The highest BCUT2D eigenvalue weighted by molar-refractivity contribution is 5.29. The third-order valence-electron chi connectivity index (χ3n) is 2.64. The van der Waals surface area contributed by atoms with Crippen LogP contribution in [0.4, 0.5) is 8.78 Å². The molecular weight excluding hydrogens is 208 g/mol. The summed E-state index contributed by atoms with van der Waals surface area (Å²) < 4.78 is 24.3. The molecule has 1 nitrogen and oxygen atoms in total. The standard InChI is InChI=1S/C13H19F2N/c1-13(2,3)10-6-4-9(5-7-10)11(16)8-12(14)15/h4-7,11-12H,8,16H2,1-3H3/t11-/m1/s1. The average Bonchev–Trinajstić information content (AvgIpc) is 2.15. The third kappa shape index (κ3) is 3.56. The van der Waals surface area contributed by atoms with Gasteiger partial charge in [-0.05, 0) is 16.5 Å². The minimum Gasteiger partial charge on any atom is -0.324 e. The molecule has 0 unspecified atom stereocenters. The SMILES string of the molecule is CC(C)(C)c1ccc([C@H](N)CC(F)F)cc1. The molecule has 16 heavy (non-hydrogen) atoms. The van der Waals surface area contributed by atoms with Crippen molar-refractivity contribution in [3.8, 4) is 0 Å². The molecule has 2 N–H and O–H groups in total. The first-order valence-electron chi connectivity index (χ1n) is 5.45. The summed E-state index contributed by atoms with van der Waals surface area (Å²) in [5.41, 5.74) is 7.70. The van der Waals surface area contributed by atoms with Gasteiger partial charge in [-0.3, -0.25) is 0 Å². The van der Waals surface area contributed by atoms with E-state index in [1.165, 1.54) is 5.56 Å². The maximum atomic E-state index is 12.2. The molecule has 1 atom stereocenters. The average molecular weight is 227 g/mol. The molecule has 0 radical (unpaired) electrons. The number of alkyl halides is 2. The summed E-state index contributed by atoms with van der Waals surface area (Å²) in [6.07, 6.45) is -2.63. The fourth-order valence-corrected chi connectivity index (χ4v) is 1.56. The van der Waals surface area contributed by atoms with Gasteiger partial charge in [0.2, 0.25) is 6.43 Å². The molecule has 0 aromatic heterocycles. The minimum absolute atomic E-state index is 0.0747. The van der Waals surface area contributed by atoms with Crippen molar-refractivity contribution in [1.29, 1.82) is 0 Å². The molecule has 0 bridgehead atoms. The lowest BCUT2D eigenvalue weighted by molar-refractivity contribution is 0.128. The van der Waals surface area contributed by atoms with E-state index in [9.17, 15) is 8.78 Å². The Morgan fingerprint density at radius 2 is 1.62 bits per heavy atom. The molecule has 0 aliphatic rings. The normalized spacial score (nSPS) is 14.2. The molecule has 0 spiro atoms. The number of hydrogen-bond acceptors (Lipinski definition) is 1. The monoisotopic (exact) mass is 227 g/mol. The van der Waals surface area contributed by atoms with Crippen molar-refractivity contribution in [1.82, 2.24) is 0 Å². The van der Waals surface area contributed by atoms with Crippen molar-refractivity contribution in [3.63, 3.8) is 0 Å². The first kappa shape index (κ1) is 13.1. The van der Waals surface area contributed by atoms with E-state index in [-0.39, 0.29) is 11.8 Å². The van der Waals surface area contributed by atoms with Crippen LogP contribution in [0.25, 0.3) is 0 Å². The molecule has 1 aromatic carbocycles. The molecule has 0 saturated heterocycles. The Kier molecular flexibility index (Phi) is 4.03. The van der Waals surface area contributed by atoms with Gasteiger partial charge >= 0.3 is 0 Å². The van der Waals surface area contributed by atoms with Gasteiger partial charge in [-0.2, -0.15) is 0 Å². The lowest BCUT2D eigenvalue weighted by Gasteiger charge is -2.20. The Hall–Kier alpha value is -0.960. The summed E-state index contributed by atoms with van der Waals surface area (Å²) >= 11 is 0. The number of rotatable bonds is 3. The van der Waals surface area contributed by atoms with Crippen LogP contribution in [0.3, 0.4) is 0 Å². The van der Waals surface area contributed by atoms with E-state index < -0.39 is 12.5 Å². The van der Waals surface area contributed by atoms with Crippen molar-refractivity contribution in [2.24, 2.45) is 5.73 Å². The number of benzene rings is 1. The van der Waals surface area contributed by atoms with Gasteiger partial charge in [-0.15, -0.1) is 0 Å². The van der Waals surface area contributed by atoms with Crippen molar-refractivity contribution >= 4 is 0 Å². The molecular formula is C13H19F2N. The molecule has 0 fully saturated rings. The van der Waals surface area contributed by atoms with Crippen LogP contribution in [-0.4, -0.2) is 6.43 Å². The summed E-state index contributed by atoms with van der Waals surface area (Å²) in [5.74, 6) is 0. The van der Waals surface area contributed by atoms with Gasteiger partial charge in [0, 0.05) is 12.5 Å². The van der Waals surface area contributed by atoms with E-state index in [1.807, 2.05) is 24.3 Å². The van der Waals surface area contributed by atoms with E-state index in [2.05, 4.69) is 20.8 Å². The fourth-order valence-electron chi connectivity index (χ4n) is 1.56. The number of nitrogens with two attached hydrogens (primary N) is 1. The maximum Gasteiger partial charge on any atom is 0.240 e. The van der Waals surface area contributed by atoms with Crippen molar-refractivity contribution in [3.05, 3.63) is 35.4 Å². The third-order valence-corrected chi connectivity index (χ3v) is 2.64. The van der Waals surface area contributed by atoms with E-state index in [0.29, 0.717) is 0 Å². The van der Waals surface area contributed by atoms with Gasteiger partial charge in [0.05, 0.1) is 0 Å². The zero-order chi connectivity index (χ0) is 12.3. The second kappa shape index (κ2) is 4.91. The van der Waals surface area contributed by atoms with Crippen molar-refractivity contribution < 1.29 is 8.78 Å². The van der Waals surface area contributed by atoms with Crippen LogP contribution in [0.1, 0.15) is 44.4 Å². The van der Waals surface area contributed by atoms with Crippen molar-refractivity contribution in [2.75, 3.05) is 0 Å². The van der Waals surface area contributed by atoms with Crippen LogP contribution in [0.15, 0.2) is 24.3 Å². The maximum absolute atomic E-state index is 12.2. The van der Waals surface area contributed by atoms with Crippen LogP contribution >= 0.6 is 0 Å². The highest BCUT2D eigenvalue weighted by atomic mass is 19.3. The predicted molar refractivity (Wildman–Crippen MR) is 62.7 cm³/mol. The first-order valence-corrected chi connectivity index (χ1v) is 5.45. The Morgan fingerprint density at radius 1 is 1.12 bits per heavy atom.